The minimum absolute atomic E-state index is 0.0227. The van der Waals surface area contributed by atoms with Gasteiger partial charge in [0.25, 0.3) is 0 Å². The van der Waals surface area contributed by atoms with Crippen LogP contribution in [0.1, 0.15) is 13.8 Å². The molecule has 2 aromatic rings. The molecule has 0 aliphatic carbocycles. The van der Waals surface area contributed by atoms with Crippen LogP contribution in [0.3, 0.4) is 0 Å². The third kappa shape index (κ3) is 2.48. The Morgan fingerprint density at radius 1 is 1.47 bits per heavy atom. The van der Waals surface area contributed by atoms with E-state index in [1.165, 1.54) is 6.33 Å². The summed E-state index contributed by atoms with van der Waals surface area (Å²) in [6.45, 7) is 4.05. The van der Waals surface area contributed by atoms with Gasteiger partial charge in [0.2, 0.25) is 5.28 Å². The van der Waals surface area contributed by atoms with E-state index in [2.05, 4.69) is 25.3 Å². The maximum Gasteiger partial charge on any atom is 0.226 e. The zero-order chi connectivity index (χ0) is 12.4. The van der Waals surface area contributed by atoms with Crippen molar-refractivity contribution < 1.29 is 5.11 Å². The average Bonchev–Trinajstić information content (AvgIpc) is 2.72. The highest BCUT2D eigenvalue weighted by molar-refractivity contribution is 6.28. The maximum atomic E-state index is 9.29. The smallest absolute Gasteiger partial charge is 0.226 e. The Hall–Kier alpha value is -1.40. The number of aromatic amines is 1. The summed E-state index contributed by atoms with van der Waals surface area (Å²) in [6, 6.07) is -0.0903. The summed E-state index contributed by atoms with van der Waals surface area (Å²) in [6.07, 6.45) is 1.53. The molecule has 0 aliphatic heterocycles. The number of H-pyrrole nitrogens is 1. The van der Waals surface area contributed by atoms with Crippen molar-refractivity contribution in [2.24, 2.45) is 5.92 Å². The van der Waals surface area contributed by atoms with E-state index in [-0.39, 0.29) is 23.9 Å². The molecule has 1 atom stereocenters. The Kier molecular flexibility index (Phi) is 3.44. The van der Waals surface area contributed by atoms with Crippen molar-refractivity contribution in [3.05, 3.63) is 11.6 Å². The molecule has 0 aromatic carbocycles. The highest BCUT2D eigenvalue weighted by atomic mass is 35.5. The molecule has 0 saturated heterocycles. The van der Waals surface area contributed by atoms with Crippen LogP contribution in [0.5, 0.6) is 0 Å². The monoisotopic (exact) mass is 255 g/mol. The van der Waals surface area contributed by atoms with E-state index in [0.29, 0.717) is 17.0 Å². The second kappa shape index (κ2) is 4.85. The quantitative estimate of drug-likeness (QED) is 0.720. The molecule has 0 fully saturated rings. The van der Waals surface area contributed by atoms with Gasteiger partial charge in [-0.3, -0.25) is 0 Å². The topological polar surface area (TPSA) is 86.7 Å². The van der Waals surface area contributed by atoms with Crippen molar-refractivity contribution in [1.82, 2.24) is 19.9 Å². The van der Waals surface area contributed by atoms with Gasteiger partial charge in [0, 0.05) is 0 Å². The van der Waals surface area contributed by atoms with E-state index in [9.17, 15) is 5.11 Å². The molecule has 0 aliphatic rings. The summed E-state index contributed by atoms with van der Waals surface area (Å²) in [5.41, 5.74) is 1.20. The lowest BCUT2D eigenvalue weighted by Crippen LogP contribution is -2.30. The molecular weight excluding hydrogens is 242 g/mol. The van der Waals surface area contributed by atoms with Crippen LogP contribution in [0, 0.1) is 5.92 Å². The van der Waals surface area contributed by atoms with Crippen LogP contribution in [-0.4, -0.2) is 37.7 Å². The number of aliphatic hydroxyl groups excluding tert-OH is 1. The molecule has 92 valence electrons. The van der Waals surface area contributed by atoms with Crippen LogP contribution in [0.2, 0.25) is 5.28 Å². The van der Waals surface area contributed by atoms with Crippen molar-refractivity contribution in [2.45, 2.75) is 19.9 Å². The molecule has 7 heteroatoms. The molecule has 3 N–H and O–H groups in total. The number of rotatable bonds is 4. The number of anilines is 1. The normalized spacial score (nSPS) is 13.2. The molecule has 2 heterocycles. The first-order chi connectivity index (χ1) is 8.11. The predicted octanol–water partition coefficient (Wildman–Crippen LogP) is 1.44. The van der Waals surface area contributed by atoms with Crippen molar-refractivity contribution in [2.75, 3.05) is 11.9 Å². The Labute approximate surface area is 103 Å². The highest BCUT2D eigenvalue weighted by Crippen LogP contribution is 2.20. The van der Waals surface area contributed by atoms with Gasteiger partial charge in [-0.25, -0.2) is 4.98 Å². The van der Waals surface area contributed by atoms with Gasteiger partial charge < -0.3 is 15.4 Å². The Bertz CT molecular complexity index is 512. The van der Waals surface area contributed by atoms with Crippen LogP contribution in [0.25, 0.3) is 11.2 Å². The first-order valence-electron chi connectivity index (χ1n) is 5.36. The summed E-state index contributed by atoms with van der Waals surface area (Å²) >= 11 is 5.81. The predicted molar refractivity (Wildman–Crippen MR) is 66.0 cm³/mol. The lowest BCUT2D eigenvalue weighted by Gasteiger charge is -2.20. The average molecular weight is 256 g/mol. The number of hydrogen-bond donors (Lipinski definition) is 3. The van der Waals surface area contributed by atoms with Gasteiger partial charge in [0.1, 0.15) is 5.52 Å². The molecule has 2 rings (SSSR count). The second-order valence-corrected chi connectivity index (χ2v) is 4.46. The molecule has 2 aromatic heterocycles. The van der Waals surface area contributed by atoms with E-state index in [4.69, 9.17) is 11.6 Å². The number of imidazole rings is 1. The number of aliphatic hydroxyl groups is 1. The Balaban J connectivity index is 2.37. The molecule has 0 spiro atoms. The number of aromatic nitrogens is 4. The van der Waals surface area contributed by atoms with Crippen molar-refractivity contribution in [3.63, 3.8) is 0 Å². The summed E-state index contributed by atoms with van der Waals surface area (Å²) < 4.78 is 0. The fourth-order valence-corrected chi connectivity index (χ4v) is 1.67. The van der Waals surface area contributed by atoms with Crippen LogP contribution in [0.15, 0.2) is 6.33 Å². The second-order valence-electron chi connectivity index (χ2n) is 4.12. The van der Waals surface area contributed by atoms with Crippen molar-refractivity contribution in [3.8, 4) is 0 Å². The maximum absolute atomic E-state index is 9.29. The standard InChI is InChI=1S/C10H14ClN5O/c1-5(2)6(3-17)14-9-7-8(13-4-12-7)15-10(11)16-9/h4-6,17H,3H2,1-2H3,(H2,12,13,14,15,16)/t6-/m1/s1. The lowest BCUT2D eigenvalue weighted by atomic mass is 10.1. The fourth-order valence-electron chi connectivity index (χ4n) is 1.51. The third-order valence-electron chi connectivity index (χ3n) is 2.58. The summed E-state index contributed by atoms with van der Waals surface area (Å²) in [7, 11) is 0. The van der Waals surface area contributed by atoms with E-state index < -0.39 is 0 Å². The van der Waals surface area contributed by atoms with Crippen molar-refractivity contribution >= 4 is 28.6 Å². The van der Waals surface area contributed by atoms with E-state index in [1.54, 1.807) is 0 Å². The molecule has 6 nitrogen and oxygen atoms in total. The van der Waals surface area contributed by atoms with Crippen molar-refractivity contribution in [1.29, 1.82) is 0 Å². The number of hydrogen-bond acceptors (Lipinski definition) is 5. The van der Waals surface area contributed by atoms with E-state index in [1.807, 2.05) is 13.8 Å². The lowest BCUT2D eigenvalue weighted by molar-refractivity contribution is 0.249. The minimum atomic E-state index is -0.0903. The number of halogens is 1. The Morgan fingerprint density at radius 3 is 2.88 bits per heavy atom. The number of fused-ring (bicyclic) bond motifs is 1. The SMILES string of the molecule is CC(C)[C@@H](CO)Nc1nc(Cl)nc2nc[nH]c12. The van der Waals surface area contributed by atoms with Crippen LogP contribution in [-0.2, 0) is 0 Å². The highest BCUT2D eigenvalue weighted by Gasteiger charge is 2.16. The first kappa shape index (κ1) is 12.1. The summed E-state index contributed by atoms with van der Waals surface area (Å²) in [5.74, 6) is 0.831. The fraction of sp³-hybridized carbons (Fsp3) is 0.500. The molecular formula is C10H14ClN5O. The zero-order valence-corrected chi connectivity index (χ0v) is 10.4. The summed E-state index contributed by atoms with van der Waals surface area (Å²) in [5, 5.41) is 12.6. The van der Waals surface area contributed by atoms with Gasteiger partial charge in [-0.1, -0.05) is 13.8 Å². The zero-order valence-electron chi connectivity index (χ0n) is 9.61. The van der Waals surface area contributed by atoms with Gasteiger partial charge in [-0.15, -0.1) is 0 Å². The summed E-state index contributed by atoms with van der Waals surface area (Å²) in [4.78, 5) is 15.1. The number of nitrogens with one attached hydrogen (secondary N) is 2. The first-order valence-corrected chi connectivity index (χ1v) is 5.73. The van der Waals surface area contributed by atoms with Gasteiger partial charge in [0.05, 0.1) is 19.0 Å². The minimum Gasteiger partial charge on any atom is -0.394 e. The van der Waals surface area contributed by atoms with Crippen LogP contribution in [0.4, 0.5) is 5.82 Å². The molecule has 0 saturated carbocycles. The van der Waals surface area contributed by atoms with Gasteiger partial charge in [0.15, 0.2) is 11.5 Å². The molecule has 0 unspecified atom stereocenters. The molecule has 0 amide bonds. The molecule has 17 heavy (non-hydrogen) atoms. The number of nitrogens with zero attached hydrogens (tertiary/aromatic N) is 3. The van der Waals surface area contributed by atoms with Gasteiger partial charge >= 0.3 is 0 Å². The molecule has 0 radical (unpaired) electrons. The van der Waals surface area contributed by atoms with Crippen LogP contribution < -0.4 is 5.32 Å². The molecule has 0 bridgehead atoms. The van der Waals surface area contributed by atoms with Crippen LogP contribution >= 0.6 is 11.6 Å². The van der Waals surface area contributed by atoms with E-state index in [0.717, 1.165) is 0 Å². The Morgan fingerprint density at radius 2 is 2.24 bits per heavy atom. The van der Waals surface area contributed by atoms with Gasteiger partial charge in [-0.05, 0) is 17.5 Å². The van der Waals surface area contributed by atoms with E-state index >= 15 is 0 Å². The largest absolute Gasteiger partial charge is 0.394 e. The van der Waals surface area contributed by atoms with Gasteiger partial charge in [-0.2, -0.15) is 9.97 Å². The third-order valence-corrected chi connectivity index (χ3v) is 2.75.